The van der Waals surface area contributed by atoms with Crippen LogP contribution in [0.4, 0.5) is 0 Å². The predicted molar refractivity (Wildman–Crippen MR) is 79.8 cm³/mol. The summed E-state index contributed by atoms with van der Waals surface area (Å²) in [6, 6.07) is 0. The van der Waals surface area contributed by atoms with Gasteiger partial charge in [-0.25, -0.2) is 0 Å². The Morgan fingerprint density at radius 3 is 2.37 bits per heavy atom. The van der Waals surface area contributed by atoms with Gasteiger partial charge in [-0.3, -0.25) is 0 Å². The third kappa shape index (κ3) is 1.76. The van der Waals surface area contributed by atoms with Gasteiger partial charge in [0.2, 0.25) is 0 Å². The van der Waals surface area contributed by atoms with E-state index in [1.807, 2.05) is 0 Å². The van der Waals surface area contributed by atoms with Gasteiger partial charge >= 0.3 is 0 Å². The third-order valence-electron chi connectivity index (χ3n) is 7.27. The molecule has 19 heavy (non-hydrogen) atoms. The van der Waals surface area contributed by atoms with Gasteiger partial charge in [0.1, 0.15) is 0 Å². The van der Waals surface area contributed by atoms with Crippen LogP contribution in [0.2, 0.25) is 0 Å². The molecule has 3 saturated carbocycles. The molecule has 0 aromatic heterocycles. The molecular formula is C18H32O. The Hall–Kier alpha value is -0.0400. The standard InChI is InChI=1S/C18H32O/c1-11(2)16(19)15-12-7-8-13-14(12)17(3,4)9-6-10-18(13,15)5/h11-16,19H,6-10H2,1-5H3/t12-,13+,14+,15+,16+,18-/m0/s1. The van der Waals surface area contributed by atoms with Gasteiger partial charge in [-0.2, -0.15) is 0 Å². The Balaban J connectivity index is 2.01. The molecule has 4 bridgehead atoms. The minimum atomic E-state index is -0.0864. The van der Waals surface area contributed by atoms with Crippen molar-refractivity contribution in [1.29, 1.82) is 0 Å². The maximum Gasteiger partial charge on any atom is 0.0599 e. The lowest BCUT2D eigenvalue weighted by atomic mass is 9.61. The van der Waals surface area contributed by atoms with E-state index >= 15 is 0 Å². The van der Waals surface area contributed by atoms with E-state index in [-0.39, 0.29) is 6.10 Å². The molecule has 0 radical (unpaired) electrons. The highest BCUT2D eigenvalue weighted by atomic mass is 16.3. The van der Waals surface area contributed by atoms with Gasteiger partial charge in [0, 0.05) is 0 Å². The molecule has 0 saturated heterocycles. The average Bonchev–Trinajstić information content (AvgIpc) is 2.79. The van der Waals surface area contributed by atoms with E-state index < -0.39 is 0 Å². The highest BCUT2D eigenvalue weighted by Gasteiger charge is 2.66. The highest BCUT2D eigenvalue weighted by Crippen LogP contribution is 2.71. The topological polar surface area (TPSA) is 20.2 Å². The zero-order chi connectivity index (χ0) is 14.0. The third-order valence-corrected chi connectivity index (χ3v) is 7.27. The van der Waals surface area contributed by atoms with Crippen molar-refractivity contribution in [1.82, 2.24) is 0 Å². The fourth-order valence-corrected chi connectivity index (χ4v) is 6.53. The van der Waals surface area contributed by atoms with Crippen LogP contribution in [0.15, 0.2) is 0 Å². The molecule has 0 aromatic rings. The van der Waals surface area contributed by atoms with Gasteiger partial charge in [-0.05, 0) is 66.1 Å². The predicted octanol–water partition coefficient (Wildman–Crippen LogP) is 4.49. The smallest absolute Gasteiger partial charge is 0.0599 e. The van der Waals surface area contributed by atoms with Crippen molar-refractivity contribution in [2.45, 2.75) is 72.8 Å². The summed E-state index contributed by atoms with van der Waals surface area (Å²) in [5.41, 5.74) is 0.917. The van der Waals surface area contributed by atoms with Crippen molar-refractivity contribution in [3.8, 4) is 0 Å². The van der Waals surface area contributed by atoms with Crippen LogP contribution in [0, 0.1) is 40.4 Å². The summed E-state index contributed by atoms with van der Waals surface area (Å²) in [5.74, 6) is 3.53. The first-order valence-corrected chi connectivity index (χ1v) is 8.47. The summed E-state index contributed by atoms with van der Waals surface area (Å²) in [7, 11) is 0. The van der Waals surface area contributed by atoms with E-state index in [1.54, 1.807) is 0 Å². The second kappa shape index (κ2) is 4.23. The number of aliphatic hydroxyl groups excluding tert-OH is 1. The van der Waals surface area contributed by atoms with E-state index in [2.05, 4.69) is 34.6 Å². The van der Waals surface area contributed by atoms with Crippen LogP contribution in [-0.2, 0) is 0 Å². The Kier molecular flexibility index (Phi) is 3.10. The first-order chi connectivity index (χ1) is 8.79. The monoisotopic (exact) mass is 264 g/mol. The van der Waals surface area contributed by atoms with Crippen molar-refractivity contribution < 1.29 is 5.11 Å². The van der Waals surface area contributed by atoms with Gasteiger partial charge < -0.3 is 5.11 Å². The Morgan fingerprint density at radius 2 is 1.74 bits per heavy atom. The molecule has 0 amide bonds. The Labute approximate surface area is 119 Å². The molecule has 3 aliphatic carbocycles. The van der Waals surface area contributed by atoms with E-state index in [0.717, 1.165) is 17.8 Å². The molecule has 3 aliphatic rings. The molecule has 6 atom stereocenters. The summed E-state index contributed by atoms with van der Waals surface area (Å²) < 4.78 is 0. The number of aliphatic hydroxyl groups is 1. The molecule has 0 spiro atoms. The van der Waals surface area contributed by atoms with Crippen molar-refractivity contribution >= 4 is 0 Å². The molecule has 0 unspecified atom stereocenters. The molecule has 3 rings (SSSR count). The zero-order valence-corrected chi connectivity index (χ0v) is 13.4. The largest absolute Gasteiger partial charge is 0.393 e. The quantitative estimate of drug-likeness (QED) is 0.779. The maximum atomic E-state index is 10.8. The van der Waals surface area contributed by atoms with Crippen LogP contribution < -0.4 is 0 Å². The number of rotatable bonds is 2. The molecule has 3 fully saturated rings. The van der Waals surface area contributed by atoms with Crippen molar-refractivity contribution in [2.24, 2.45) is 40.4 Å². The van der Waals surface area contributed by atoms with Crippen LogP contribution >= 0.6 is 0 Å². The summed E-state index contributed by atoms with van der Waals surface area (Å²) in [6.45, 7) is 11.9. The molecule has 1 heteroatoms. The van der Waals surface area contributed by atoms with Crippen LogP contribution in [0.25, 0.3) is 0 Å². The van der Waals surface area contributed by atoms with Gasteiger partial charge in [0.05, 0.1) is 6.10 Å². The maximum absolute atomic E-state index is 10.8. The molecule has 110 valence electrons. The van der Waals surface area contributed by atoms with Crippen LogP contribution in [0.3, 0.4) is 0 Å². The van der Waals surface area contributed by atoms with E-state index in [9.17, 15) is 5.11 Å². The SMILES string of the molecule is CC(C)[C@@H](O)[C@H]1[C@H]2CC[C@@H]3[C@@H]2C(C)(C)CCC[C@]13C. The van der Waals surface area contributed by atoms with Gasteiger partial charge in [-0.1, -0.05) is 41.0 Å². The van der Waals surface area contributed by atoms with Gasteiger partial charge in [0.25, 0.3) is 0 Å². The fraction of sp³-hybridized carbons (Fsp3) is 1.00. The highest BCUT2D eigenvalue weighted by molar-refractivity contribution is 5.14. The minimum absolute atomic E-state index is 0.0864. The Bertz CT molecular complexity index is 359. The summed E-state index contributed by atoms with van der Waals surface area (Å²) in [5, 5.41) is 10.8. The summed E-state index contributed by atoms with van der Waals surface area (Å²) >= 11 is 0. The van der Waals surface area contributed by atoms with Crippen molar-refractivity contribution in [3.63, 3.8) is 0 Å². The van der Waals surface area contributed by atoms with E-state index in [0.29, 0.717) is 22.7 Å². The number of hydrogen-bond acceptors (Lipinski definition) is 1. The lowest BCUT2D eigenvalue weighted by Gasteiger charge is -2.45. The van der Waals surface area contributed by atoms with Crippen LogP contribution in [-0.4, -0.2) is 11.2 Å². The van der Waals surface area contributed by atoms with Crippen LogP contribution in [0.1, 0.15) is 66.7 Å². The van der Waals surface area contributed by atoms with Crippen molar-refractivity contribution in [2.75, 3.05) is 0 Å². The lowest BCUT2D eigenvalue weighted by molar-refractivity contribution is -0.0431. The minimum Gasteiger partial charge on any atom is -0.393 e. The molecule has 0 aromatic carbocycles. The summed E-state index contributed by atoms with van der Waals surface area (Å²) in [6.07, 6.45) is 6.83. The second-order valence-electron chi connectivity index (χ2n) is 8.98. The number of hydrogen-bond donors (Lipinski definition) is 1. The molecule has 0 heterocycles. The zero-order valence-electron chi connectivity index (χ0n) is 13.4. The molecule has 1 N–H and O–H groups in total. The van der Waals surface area contributed by atoms with Gasteiger partial charge in [-0.15, -0.1) is 0 Å². The van der Waals surface area contributed by atoms with E-state index in [4.69, 9.17) is 0 Å². The lowest BCUT2D eigenvalue weighted by Crippen LogP contribution is -2.43. The first-order valence-electron chi connectivity index (χ1n) is 8.47. The summed E-state index contributed by atoms with van der Waals surface area (Å²) in [4.78, 5) is 0. The normalized spacial score (nSPS) is 49.4. The fourth-order valence-electron chi connectivity index (χ4n) is 6.53. The van der Waals surface area contributed by atoms with Crippen molar-refractivity contribution in [3.05, 3.63) is 0 Å². The average molecular weight is 264 g/mol. The van der Waals surface area contributed by atoms with Gasteiger partial charge in [0.15, 0.2) is 0 Å². The molecule has 0 aliphatic heterocycles. The van der Waals surface area contributed by atoms with E-state index in [1.165, 1.54) is 32.1 Å². The first kappa shape index (κ1) is 13.9. The molecule has 1 nitrogen and oxygen atoms in total. The van der Waals surface area contributed by atoms with Crippen LogP contribution in [0.5, 0.6) is 0 Å². The Morgan fingerprint density at radius 1 is 1.05 bits per heavy atom. The molecular weight excluding hydrogens is 232 g/mol. The second-order valence-corrected chi connectivity index (χ2v) is 8.98.